The molecule has 1 aliphatic rings. The molecule has 2 amide bonds. The maximum absolute atomic E-state index is 12.6. The molecule has 2 rings (SSSR count). The zero-order chi connectivity index (χ0) is 16.1. The number of carbonyl (C=O) groups excluding carboxylic acids is 2. The average molecular weight is 304 g/mol. The summed E-state index contributed by atoms with van der Waals surface area (Å²) < 4.78 is 5.90. The molecule has 1 fully saturated rings. The lowest BCUT2D eigenvalue weighted by Crippen LogP contribution is -2.47. The number of benzene rings is 1. The Labute approximate surface area is 131 Å². The van der Waals surface area contributed by atoms with Gasteiger partial charge in [-0.15, -0.1) is 0 Å². The van der Waals surface area contributed by atoms with E-state index in [9.17, 15) is 9.59 Å². The molecule has 0 saturated carbocycles. The van der Waals surface area contributed by atoms with Crippen molar-refractivity contribution in [2.45, 2.75) is 39.2 Å². The number of para-hydroxylation sites is 1. The summed E-state index contributed by atoms with van der Waals surface area (Å²) in [7, 11) is 0. The van der Waals surface area contributed by atoms with Crippen LogP contribution in [0.3, 0.4) is 0 Å². The summed E-state index contributed by atoms with van der Waals surface area (Å²) in [5.41, 5.74) is 6.34. The Morgan fingerprint density at radius 3 is 2.50 bits per heavy atom. The maximum Gasteiger partial charge on any atom is 0.263 e. The molecule has 0 unspecified atom stereocenters. The Bertz CT molecular complexity index is 536. The largest absolute Gasteiger partial charge is 0.480 e. The molecule has 0 spiro atoms. The van der Waals surface area contributed by atoms with Crippen LogP contribution in [0.2, 0.25) is 0 Å². The zero-order valence-electron chi connectivity index (χ0n) is 13.2. The van der Waals surface area contributed by atoms with Gasteiger partial charge in [0.2, 0.25) is 5.91 Å². The molecule has 0 radical (unpaired) electrons. The fourth-order valence-corrected chi connectivity index (χ4v) is 2.74. The summed E-state index contributed by atoms with van der Waals surface area (Å²) in [6, 6.07) is 7.69. The predicted molar refractivity (Wildman–Crippen MR) is 84.4 cm³/mol. The zero-order valence-corrected chi connectivity index (χ0v) is 13.2. The number of hydrogen-bond donors (Lipinski definition) is 1. The molecular formula is C17H24N2O3. The highest BCUT2D eigenvalue weighted by Crippen LogP contribution is 2.22. The molecule has 0 aliphatic carbocycles. The van der Waals surface area contributed by atoms with Gasteiger partial charge in [-0.25, -0.2) is 0 Å². The average Bonchev–Trinajstić information content (AvgIpc) is 2.53. The Morgan fingerprint density at radius 2 is 1.95 bits per heavy atom. The second kappa shape index (κ2) is 7.29. The molecule has 1 aromatic rings. The fourth-order valence-electron chi connectivity index (χ4n) is 2.74. The molecule has 1 saturated heterocycles. The van der Waals surface area contributed by atoms with Gasteiger partial charge >= 0.3 is 0 Å². The Hall–Kier alpha value is -2.04. The van der Waals surface area contributed by atoms with Crippen molar-refractivity contribution in [1.29, 1.82) is 0 Å². The molecule has 5 heteroatoms. The topological polar surface area (TPSA) is 72.6 Å². The first-order valence-corrected chi connectivity index (χ1v) is 7.83. The first-order chi connectivity index (χ1) is 10.5. The second-order valence-corrected chi connectivity index (χ2v) is 5.78. The number of primary amides is 1. The van der Waals surface area contributed by atoms with Crippen molar-refractivity contribution in [2.75, 3.05) is 13.1 Å². The van der Waals surface area contributed by atoms with E-state index < -0.39 is 6.10 Å². The van der Waals surface area contributed by atoms with E-state index in [4.69, 9.17) is 10.5 Å². The van der Waals surface area contributed by atoms with Crippen molar-refractivity contribution in [1.82, 2.24) is 4.90 Å². The number of rotatable bonds is 5. The smallest absolute Gasteiger partial charge is 0.263 e. The van der Waals surface area contributed by atoms with Crippen molar-refractivity contribution in [2.24, 2.45) is 11.7 Å². The van der Waals surface area contributed by atoms with Crippen molar-refractivity contribution in [3.8, 4) is 5.75 Å². The van der Waals surface area contributed by atoms with Gasteiger partial charge in [-0.1, -0.05) is 25.1 Å². The van der Waals surface area contributed by atoms with Crippen LogP contribution >= 0.6 is 0 Å². The Kier molecular flexibility index (Phi) is 5.41. The van der Waals surface area contributed by atoms with Gasteiger partial charge in [-0.2, -0.15) is 0 Å². The van der Waals surface area contributed by atoms with Crippen molar-refractivity contribution >= 4 is 11.8 Å². The third-order valence-electron chi connectivity index (χ3n) is 4.22. The standard InChI is InChI=1S/C17H24N2O3/c1-3-14(22-15-7-5-4-6-12(15)2)17(21)19-10-8-13(9-11-19)16(18)20/h4-7,13-14H,3,8-11H2,1-2H3,(H2,18,20)/t14-/m0/s1. The van der Waals surface area contributed by atoms with Crippen LogP contribution in [-0.2, 0) is 9.59 Å². The normalized spacial score (nSPS) is 17.1. The summed E-state index contributed by atoms with van der Waals surface area (Å²) in [6.07, 6.45) is 1.42. The number of hydrogen-bond acceptors (Lipinski definition) is 3. The van der Waals surface area contributed by atoms with Gasteiger partial charge in [-0.3, -0.25) is 9.59 Å². The lowest BCUT2D eigenvalue weighted by molar-refractivity contribution is -0.141. The van der Waals surface area contributed by atoms with Gasteiger partial charge < -0.3 is 15.4 Å². The van der Waals surface area contributed by atoms with Crippen molar-refractivity contribution in [3.63, 3.8) is 0 Å². The third-order valence-corrected chi connectivity index (χ3v) is 4.22. The van der Waals surface area contributed by atoms with E-state index in [0.717, 1.165) is 11.3 Å². The second-order valence-electron chi connectivity index (χ2n) is 5.78. The number of likely N-dealkylation sites (tertiary alicyclic amines) is 1. The molecule has 1 aromatic carbocycles. The maximum atomic E-state index is 12.6. The summed E-state index contributed by atoms with van der Waals surface area (Å²) in [5, 5.41) is 0. The number of nitrogens with two attached hydrogens (primary N) is 1. The molecule has 120 valence electrons. The molecule has 1 atom stereocenters. The van der Waals surface area contributed by atoms with E-state index >= 15 is 0 Å². The van der Waals surface area contributed by atoms with Crippen molar-refractivity contribution < 1.29 is 14.3 Å². The Morgan fingerprint density at radius 1 is 1.32 bits per heavy atom. The minimum absolute atomic E-state index is 0.00586. The van der Waals surface area contributed by atoms with E-state index in [1.54, 1.807) is 4.90 Å². The van der Waals surface area contributed by atoms with Gasteiger partial charge in [0.25, 0.3) is 5.91 Å². The molecule has 1 heterocycles. The fraction of sp³-hybridized carbons (Fsp3) is 0.529. The SMILES string of the molecule is CC[C@H](Oc1ccccc1C)C(=O)N1CCC(C(N)=O)CC1. The van der Waals surface area contributed by atoms with Gasteiger partial charge in [0, 0.05) is 19.0 Å². The molecule has 2 N–H and O–H groups in total. The lowest BCUT2D eigenvalue weighted by Gasteiger charge is -2.33. The van der Waals surface area contributed by atoms with Crippen molar-refractivity contribution in [3.05, 3.63) is 29.8 Å². The summed E-state index contributed by atoms with van der Waals surface area (Å²) in [5.74, 6) is 0.361. The monoisotopic (exact) mass is 304 g/mol. The molecule has 22 heavy (non-hydrogen) atoms. The van der Waals surface area contributed by atoms with Crippen LogP contribution in [-0.4, -0.2) is 35.9 Å². The molecular weight excluding hydrogens is 280 g/mol. The first kappa shape index (κ1) is 16.3. The molecule has 0 aromatic heterocycles. The molecule has 0 bridgehead atoms. The van der Waals surface area contributed by atoms with E-state index in [2.05, 4.69) is 0 Å². The summed E-state index contributed by atoms with van der Waals surface area (Å²) >= 11 is 0. The number of carbonyl (C=O) groups is 2. The number of aryl methyl sites for hydroxylation is 1. The van der Waals surface area contributed by atoms with Crippen LogP contribution < -0.4 is 10.5 Å². The van der Waals surface area contributed by atoms with Gasteiger partial charge in [-0.05, 0) is 37.8 Å². The first-order valence-electron chi connectivity index (χ1n) is 7.83. The van der Waals surface area contributed by atoms with Gasteiger partial charge in [0.05, 0.1) is 0 Å². The Balaban J connectivity index is 1.98. The quantitative estimate of drug-likeness (QED) is 0.902. The highest BCUT2D eigenvalue weighted by atomic mass is 16.5. The highest BCUT2D eigenvalue weighted by Gasteiger charge is 2.30. The third kappa shape index (κ3) is 3.78. The summed E-state index contributed by atoms with van der Waals surface area (Å²) in [6.45, 7) is 5.04. The van der Waals surface area contributed by atoms with E-state index in [1.165, 1.54) is 0 Å². The lowest BCUT2D eigenvalue weighted by atomic mass is 9.96. The van der Waals surface area contributed by atoms with Crippen LogP contribution in [0.1, 0.15) is 31.7 Å². The number of ether oxygens (including phenoxy) is 1. The highest BCUT2D eigenvalue weighted by molar-refractivity contribution is 5.82. The van der Waals surface area contributed by atoms with Crippen LogP contribution in [0, 0.1) is 12.8 Å². The number of amides is 2. The van der Waals surface area contributed by atoms with Gasteiger partial charge in [0.15, 0.2) is 6.10 Å². The molecule has 1 aliphatic heterocycles. The number of nitrogens with zero attached hydrogens (tertiary/aromatic N) is 1. The minimum atomic E-state index is -0.480. The predicted octanol–water partition coefficient (Wildman–Crippen LogP) is 1.88. The van der Waals surface area contributed by atoms with E-state index in [-0.39, 0.29) is 17.7 Å². The number of piperidine rings is 1. The van der Waals surface area contributed by atoms with Gasteiger partial charge in [0.1, 0.15) is 5.75 Å². The van der Waals surface area contributed by atoms with Crippen LogP contribution in [0.15, 0.2) is 24.3 Å². The van der Waals surface area contributed by atoms with Crippen LogP contribution in [0.5, 0.6) is 5.75 Å². The van der Waals surface area contributed by atoms with Crippen LogP contribution in [0.25, 0.3) is 0 Å². The minimum Gasteiger partial charge on any atom is -0.480 e. The van der Waals surface area contributed by atoms with Crippen LogP contribution in [0.4, 0.5) is 0 Å². The molecule has 5 nitrogen and oxygen atoms in total. The summed E-state index contributed by atoms with van der Waals surface area (Å²) in [4.78, 5) is 25.6. The van der Waals surface area contributed by atoms with E-state index in [0.29, 0.717) is 32.4 Å². The van der Waals surface area contributed by atoms with E-state index in [1.807, 2.05) is 38.1 Å².